The summed E-state index contributed by atoms with van der Waals surface area (Å²) in [5, 5.41) is 15.2. The lowest BCUT2D eigenvalue weighted by Crippen LogP contribution is -2.22. The van der Waals surface area contributed by atoms with Gasteiger partial charge < -0.3 is 15.3 Å². The van der Waals surface area contributed by atoms with Gasteiger partial charge >= 0.3 is 12.0 Å². The highest BCUT2D eigenvalue weighted by Gasteiger charge is 2.22. The van der Waals surface area contributed by atoms with Gasteiger partial charge in [-0.2, -0.15) is 0 Å². The number of imide groups is 1. The van der Waals surface area contributed by atoms with Crippen molar-refractivity contribution >= 4 is 24.0 Å². The molecule has 33 heavy (non-hydrogen) atoms. The molecule has 3 N–H and O–H groups in total. The number of benzene rings is 1. The van der Waals surface area contributed by atoms with Gasteiger partial charge in [0.2, 0.25) is 0 Å². The third kappa shape index (κ3) is 15.0. The molecule has 0 radical (unpaired) electrons. The molecule has 2 rings (SSSR count). The van der Waals surface area contributed by atoms with E-state index in [1.807, 2.05) is 37.3 Å². The lowest BCUT2D eigenvalue weighted by atomic mass is 10.1. The van der Waals surface area contributed by atoms with Crippen LogP contribution in [0.15, 0.2) is 54.0 Å². The number of hydrogen-bond donors (Lipinski definition) is 3. The molecule has 0 bridgehead atoms. The average Bonchev–Trinajstić information content (AvgIpc) is 3.10. The van der Waals surface area contributed by atoms with Gasteiger partial charge in [0.05, 0.1) is 5.92 Å². The maximum Gasteiger partial charge on any atom is 0.326 e. The molecule has 1 heterocycles. The average molecular weight is 462 g/mol. The normalized spacial score (nSPS) is 14.9. The fourth-order valence-electron chi connectivity index (χ4n) is 2.53. The Morgan fingerprint density at radius 2 is 1.82 bits per heavy atom. The molecule has 1 fully saturated rings. The van der Waals surface area contributed by atoms with E-state index in [1.165, 1.54) is 19.3 Å². The van der Waals surface area contributed by atoms with E-state index in [1.54, 1.807) is 19.1 Å². The maximum absolute atomic E-state index is 11.1. The number of nitrogens with one attached hydrogen (secondary N) is 2. The van der Waals surface area contributed by atoms with Crippen LogP contribution in [0.1, 0.15) is 64.9 Å². The van der Waals surface area contributed by atoms with Crippen molar-refractivity contribution in [3.8, 4) is 0 Å². The van der Waals surface area contributed by atoms with Crippen LogP contribution in [-0.2, 0) is 14.4 Å². The van der Waals surface area contributed by atoms with Crippen LogP contribution in [0.25, 0.3) is 6.08 Å². The van der Waals surface area contributed by atoms with Gasteiger partial charge in [-0.1, -0.05) is 69.5 Å². The molecule has 0 aliphatic carbocycles. The van der Waals surface area contributed by atoms with Crippen molar-refractivity contribution in [3.05, 3.63) is 59.2 Å². The Morgan fingerprint density at radius 1 is 1.15 bits per heavy atom. The van der Waals surface area contributed by atoms with E-state index in [2.05, 4.69) is 34.3 Å². The van der Waals surface area contributed by atoms with Gasteiger partial charge in [0.1, 0.15) is 11.8 Å². The molecule has 9 heteroatoms. The van der Waals surface area contributed by atoms with Crippen LogP contribution in [0, 0.1) is 10.8 Å². The van der Waals surface area contributed by atoms with E-state index in [0.29, 0.717) is 6.42 Å². The minimum atomic E-state index is -0.759. The quantitative estimate of drug-likeness (QED) is 0.104. The molecule has 9 nitrogen and oxygen atoms in total. The number of carbonyl (C=O) groups is 3. The second-order valence-electron chi connectivity index (χ2n) is 7.48. The zero-order valence-corrected chi connectivity index (χ0v) is 19.6. The third-order valence-electron chi connectivity index (χ3n) is 4.46. The number of allylic oxidation sites excluding steroid dienone is 1. The highest BCUT2D eigenvalue weighted by atomic mass is 16.7. The van der Waals surface area contributed by atoms with E-state index in [4.69, 9.17) is 5.11 Å². The van der Waals surface area contributed by atoms with Gasteiger partial charge in [-0.3, -0.25) is 14.9 Å². The van der Waals surface area contributed by atoms with E-state index in [9.17, 15) is 19.3 Å². The number of carboxylic acids is 1. The molecular formula is C24H35N3O6. The van der Waals surface area contributed by atoms with E-state index >= 15 is 0 Å². The summed E-state index contributed by atoms with van der Waals surface area (Å²) in [6.07, 6.45) is 9.57. The summed E-state index contributed by atoms with van der Waals surface area (Å²) < 4.78 is 0. The first kappa shape index (κ1) is 29.5. The molecule has 1 aliphatic rings. The Bertz CT molecular complexity index is 780. The Balaban J connectivity index is 0.000000488. The number of carboxylic acid groups (broad SMARTS) is 1. The summed E-state index contributed by atoms with van der Waals surface area (Å²) in [5.74, 6) is -1.43. The topological polar surface area (TPSA) is 134 Å². The predicted octanol–water partition coefficient (Wildman–Crippen LogP) is 5.19. The van der Waals surface area contributed by atoms with Gasteiger partial charge in [0.15, 0.2) is 5.34 Å². The third-order valence-corrected chi connectivity index (χ3v) is 4.46. The van der Waals surface area contributed by atoms with Crippen molar-refractivity contribution in [3.63, 3.8) is 0 Å². The predicted molar refractivity (Wildman–Crippen MR) is 128 cm³/mol. The summed E-state index contributed by atoms with van der Waals surface area (Å²) in [6.45, 7) is 9.12. The van der Waals surface area contributed by atoms with Gasteiger partial charge in [0, 0.05) is 0 Å². The highest BCUT2D eigenvalue weighted by Crippen LogP contribution is 2.08. The summed E-state index contributed by atoms with van der Waals surface area (Å²) in [5.41, 5.74) is 1.15. The number of urea groups is 1. The molecule has 1 aromatic carbocycles. The summed E-state index contributed by atoms with van der Waals surface area (Å²) in [4.78, 5) is 46.1. The summed E-state index contributed by atoms with van der Waals surface area (Å²) >= 11 is 0. The zero-order chi connectivity index (χ0) is 25.1. The van der Waals surface area contributed by atoms with Crippen LogP contribution < -0.4 is 10.6 Å². The minimum Gasteiger partial charge on any atom is -0.481 e. The molecule has 1 aliphatic heterocycles. The van der Waals surface area contributed by atoms with Crippen molar-refractivity contribution in [1.29, 1.82) is 0 Å². The second kappa shape index (κ2) is 18.1. The first-order valence-corrected chi connectivity index (χ1v) is 11.0. The van der Waals surface area contributed by atoms with Crippen LogP contribution in [0.2, 0.25) is 0 Å². The Kier molecular flexibility index (Phi) is 16.2. The second-order valence-corrected chi connectivity index (χ2v) is 7.48. The first-order chi connectivity index (χ1) is 15.7. The first-order valence-electron chi connectivity index (χ1n) is 11.0. The Labute approximate surface area is 195 Å². The van der Waals surface area contributed by atoms with Gasteiger partial charge in [0.25, 0.3) is 5.91 Å². The van der Waals surface area contributed by atoms with Crippen LogP contribution in [-0.4, -0.2) is 29.1 Å². The maximum atomic E-state index is 11.1. The standard InChI is InChI=1S/C10H8N2O2.C8H17NO2.C6H10O2/c13-9-8(11-10(14)12-9)6-7-4-2-1-3-5-7;1-3-4-5-6-7-8(2)11-9-10;1-3-4-5(2)6(7)8/h1-6H,(H2,11,12,13,14);8H,3-7H2,1-2H3;3,5H,1,4H2,2H3,(H,7,8). The SMILES string of the molecule is C=CCC(C)C(=O)O.CCCCCCC(C)ON=O.O=C1NC(=O)C(=Cc2ccccc2)N1. The molecule has 0 spiro atoms. The van der Waals surface area contributed by atoms with Crippen LogP contribution in [0.3, 0.4) is 0 Å². The lowest BCUT2D eigenvalue weighted by molar-refractivity contribution is -0.141. The molecular weight excluding hydrogens is 426 g/mol. The van der Waals surface area contributed by atoms with E-state index in [-0.39, 0.29) is 23.6 Å². The fourth-order valence-corrected chi connectivity index (χ4v) is 2.53. The molecule has 3 amide bonds. The smallest absolute Gasteiger partial charge is 0.326 e. The molecule has 1 saturated heterocycles. The van der Waals surface area contributed by atoms with Crippen LogP contribution in [0.5, 0.6) is 0 Å². The number of rotatable bonds is 11. The number of amides is 3. The van der Waals surface area contributed by atoms with Crippen molar-refractivity contribution in [2.24, 2.45) is 11.3 Å². The molecule has 2 atom stereocenters. The zero-order valence-electron chi connectivity index (χ0n) is 19.6. The lowest BCUT2D eigenvalue weighted by Gasteiger charge is -2.05. The van der Waals surface area contributed by atoms with Gasteiger partial charge in [-0.05, 0) is 37.8 Å². The summed E-state index contributed by atoms with van der Waals surface area (Å²) in [7, 11) is 0. The highest BCUT2D eigenvalue weighted by molar-refractivity contribution is 6.13. The molecule has 182 valence electrons. The molecule has 0 aromatic heterocycles. The van der Waals surface area contributed by atoms with Crippen molar-refractivity contribution in [2.75, 3.05) is 0 Å². The number of carbonyl (C=O) groups excluding carboxylic acids is 2. The molecule has 1 aromatic rings. The Morgan fingerprint density at radius 3 is 2.27 bits per heavy atom. The monoisotopic (exact) mass is 461 g/mol. The van der Waals surface area contributed by atoms with Gasteiger partial charge in [-0.15, -0.1) is 11.5 Å². The number of aliphatic carboxylic acids is 1. The van der Waals surface area contributed by atoms with E-state index in [0.717, 1.165) is 18.4 Å². The van der Waals surface area contributed by atoms with Gasteiger partial charge in [-0.25, -0.2) is 4.79 Å². The van der Waals surface area contributed by atoms with Crippen LogP contribution >= 0.6 is 0 Å². The number of unbranched alkanes of at least 4 members (excludes halogenated alkanes) is 3. The molecule has 0 saturated carbocycles. The van der Waals surface area contributed by atoms with Crippen LogP contribution in [0.4, 0.5) is 4.79 Å². The van der Waals surface area contributed by atoms with Crippen molar-refractivity contribution in [2.45, 2.75) is 65.4 Å². The number of hydrogen-bond acceptors (Lipinski definition) is 6. The Hall–Kier alpha value is -3.49. The molecule has 2 unspecified atom stereocenters. The van der Waals surface area contributed by atoms with Crippen molar-refractivity contribution < 1.29 is 24.3 Å². The fraction of sp³-hybridized carbons (Fsp3) is 0.458. The summed E-state index contributed by atoms with van der Waals surface area (Å²) in [6, 6.07) is 8.84. The largest absolute Gasteiger partial charge is 0.481 e. The minimum absolute atomic E-state index is 0.00986. The van der Waals surface area contributed by atoms with E-state index < -0.39 is 12.0 Å². The van der Waals surface area contributed by atoms with Crippen molar-refractivity contribution in [1.82, 2.24) is 10.6 Å². The number of nitrogens with zero attached hydrogens (tertiary/aromatic N) is 1.